The maximum absolute atomic E-state index is 9.83. The van der Waals surface area contributed by atoms with Crippen molar-refractivity contribution in [3.63, 3.8) is 0 Å². The molecule has 0 unspecified atom stereocenters. The van der Waals surface area contributed by atoms with Gasteiger partial charge in [0.25, 0.3) is 0 Å². The number of aliphatic hydroxyl groups is 3. The van der Waals surface area contributed by atoms with Crippen LogP contribution < -0.4 is 0 Å². The zero-order valence-corrected chi connectivity index (χ0v) is 9.68. The highest BCUT2D eigenvalue weighted by Crippen LogP contribution is 2.40. The number of benzene rings is 1. The maximum atomic E-state index is 9.83. The molecule has 88 valence electrons. The van der Waals surface area contributed by atoms with Crippen molar-refractivity contribution in [1.82, 2.24) is 0 Å². The summed E-state index contributed by atoms with van der Waals surface area (Å²) in [4.78, 5) is 0. The molecule has 1 aromatic carbocycles. The van der Waals surface area contributed by atoms with Crippen LogP contribution in [0.2, 0.25) is 0 Å². The monoisotopic (exact) mass is 240 g/mol. The van der Waals surface area contributed by atoms with Crippen LogP contribution in [0.25, 0.3) is 0 Å². The molecule has 1 fully saturated rings. The van der Waals surface area contributed by atoms with Crippen molar-refractivity contribution in [2.75, 3.05) is 6.61 Å². The Labute approximate surface area is 99.1 Å². The molecule has 4 atom stereocenters. The lowest BCUT2D eigenvalue weighted by atomic mass is 9.92. The van der Waals surface area contributed by atoms with Gasteiger partial charge in [0, 0.05) is 17.6 Å². The first-order chi connectivity index (χ1) is 7.72. The minimum atomic E-state index is -0.544. The van der Waals surface area contributed by atoms with Gasteiger partial charge in [0.1, 0.15) is 5.44 Å². The van der Waals surface area contributed by atoms with Gasteiger partial charge in [-0.25, -0.2) is 0 Å². The van der Waals surface area contributed by atoms with E-state index in [1.165, 1.54) is 11.8 Å². The van der Waals surface area contributed by atoms with E-state index in [1.54, 1.807) is 0 Å². The molecule has 0 bridgehead atoms. The lowest BCUT2D eigenvalue weighted by molar-refractivity contribution is 0.121. The standard InChI is InChI=1S/C12H16O3S/c13-7-9(8-4-2-1-3-5-8)12-10(14)6-11(15)16-12/h1-5,9-15H,6-7H2/t9-,10+,11+,12-/m0/s1. The fourth-order valence-electron chi connectivity index (χ4n) is 2.13. The van der Waals surface area contributed by atoms with Crippen LogP contribution in [0, 0.1) is 0 Å². The van der Waals surface area contributed by atoms with Crippen molar-refractivity contribution in [1.29, 1.82) is 0 Å². The third kappa shape index (κ3) is 2.40. The molecule has 3 nitrogen and oxygen atoms in total. The lowest BCUT2D eigenvalue weighted by Crippen LogP contribution is -2.27. The van der Waals surface area contributed by atoms with Gasteiger partial charge in [0.2, 0.25) is 0 Å². The van der Waals surface area contributed by atoms with Gasteiger partial charge in [-0.1, -0.05) is 30.3 Å². The molecule has 0 aliphatic carbocycles. The van der Waals surface area contributed by atoms with E-state index in [4.69, 9.17) is 0 Å². The number of aliphatic hydroxyl groups excluding tert-OH is 3. The highest BCUT2D eigenvalue weighted by atomic mass is 32.2. The predicted octanol–water partition coefficient (Wildman–Crippen LogP) is 0.947. The molecule has 0 spiro atoms. The van der Waals surface area contributed by atoms with Gasteiger partial charge in [-0.2, -0.15) is 0 Å². The summed E-state index contributed by atoms with van der Waals surface area (Å²) in [5.74, 6) is -0.113. The first-order valence-corrected chi connectivity index (χ1v) is 6.34. The second kappa shape index (κ2) is 5.19. The molecule has 1 heterocycles. The van der Waals surface area contributed by atoms with Crippen molar-refractivity contribution >= 4 is 11.8 Å². The van der Waals surface area contributed by atoms with Crippen molar-refractivity contribution in [2.45, 2.75) is 29.1 Å². The number of rotatable bonds is 3. The van der Waals surface area contributed by atoms with E-state index >= 15 is 0 Å². The van der Waals surface area contributed by atoms with E-state index in [0.29, 0.717) is 6.42 Å². The van der Waals surface area contributed by atoms with Crippen molar-refractivity contribution in [3.05, 3.63) is 35.9 Å². The number of hydrogen-bond donors (Lipinski definition) is 3. The second-order valence-electron chi connectivity index (χ2n) is 4.06. The first-order valence-electron chi connectivity index (χ1n) is 5.39. The Bertz CT molecular complexity index is 330. The molecule has 16 heavy (non-hydrogen) atoms. The van der Waals surface area contributed by atoms with Crippen LogP contribution in [-0.2, 0) is 0 Å². The minimum absolute atomic E-state index is 0.00847. The normalized spacial score (nSPS) is 31.6. The van der Waals surface area contributed by atoms with Gasteiger partial charge in [-0.3, -0.25) is 0 Å². The Hall–Kier alpha value is -0.550. The Morgan fingerprint density at radius 2 is 1.94 bits per heavy atom. The second-order valence-corrected chi connectivity index (χ2v) is 5.42. The molecule has 1 aliphatic rings. The van der Waals surface area contributed by atoms with Crippen LogP contribution in [0.1, 0.15) is 17.9 Å². The average Bonchev–Trinajstić information content (AvgIpc) is 2.61. The Kier molecular flexibility index (Phi) is 3.86. The first kappa shape index (κ1) is 11.9. The van der Waals surface area contributed by atoms with Crippen molar-refractivity contribution < 1.29 is 15.3 Å². The van der Waals surface area contributed by atoms with Crippen LogP contribution in [-0.4, -0.2) is 38.7 Å². The summed E-state index contributed by atoms with van der Waals surface area (Å²) in [6, 6.07) is 9.64. The molecule has 1 aromatic rings. The molecule has 0 aromatic heterocycles. The zero-order valence-electron chi connectivity index (χ0n) is 8.86. The average molecular weight is 240 g/mol. The van der Waals surface area contributed by atoms with Crippen molar-refractivity contribution in [3.8, 4) is 0 Å². The van der Waals surface area contributed by atoms with Gasteiger partial charge in [-0.05, 0) is 5.56 Å². The fraction of sp³-hybridized carbons (Fsp3) is 0.500. The van der Waals surface area contributed by atoms with Crippen LogP contribution in [0.3, 0.4) is 0 Å². The van der Waals surface area contributed by atoms with Crippen LogP contribution in [0.5, 0.6) is 0 Å². The molecule has 3 N–H and O–H groups in total. The lowest BCUT2D eigenvalue weighted by Gasteiger charge is -2.23. The molecular weight excluding hydrogens is 224 g/mol. The van der Waals surface area contributed by atoms with E-state index in [1.807, 2.05) is 30.3 Å². The molecule has 1 aliphatic heterocycles. The van der Waals surface area contributed by atoms with Crippen molar-refractivity contribution in [2.24, 2.45) is 0 Å². The van der Waals surface area contributed by atoms with E-state index in [0.717, 1.165) is 5.56 Å². The van der Waals surface area contributed by atoms with Crippen LogP contribution in [0.4, 0.5) is 0 Å². The summed E-state index contributed by atoms with van der Waals surface area (Å²) in [5, 5.41) is 28.6. The van der Waals surface area contributed by atoms with E-state index in [2.05, 4.69) is 0 Å². The highest BCUT2D eigenvalue weighted by molar-refractivity contribution is 8.00. The van der Waals surface area contributed by atoms with Gasteiger partial charge < -0.3 is 15.3 Å². The molecule has 1 saturated heterocycles. The summed E-state index contributed by atoms with van der Waals surface area (Å²) < 4.78 is 0. The van der Waals surface area contributed by atoms with E-state index in [9.17, 15) is 15.3 Å². The SMILES string of the molecule is OC[C@@H](c1ccccc1)[C@@H]1S[C@@H](O)C[C@H]1O. The Morgan fingerprint density at radius 3 is 2.44 bits per heavy atom. The molecular formula is C12H16O3S. The highest BCUT2D eigenvalue weighted by Gasteiger charge is 2.38. The summed E-state index contributed by atoms with van der Waals surface area (Å²) in [6.45, 7) is -0.00847. The molecule has 4 heteroatoms. The quantitative estimate of drug-likeness (QED) is 0.736. The summed E-state index contributed by atoms with van der Waals surface area (Å²) in [7, 11) is 0. The third-order valence-corrected chi connectivity index (χ3v) is 4.42. The molecule has 2 rings (SSSR count). The summed E-state index contributed by atoms with van der Waals surface area (Å²) in [5.41, 5.74) is 0.494. The van der Waals surface area contributed by atoms with Gasteiger partial charge in [0.15, 0.2) is 0 Å². The predicted molar refractivity (Wildman–Crippen MR) is 64.3 cm³/mol. The van der Waals surface area contributed by atoms with Crippen LogP contribution >= 0.6 is 11.8 Å². The topological polar surface area (TPSA) is 60.7 Å². The van der Waals surface area contributed by atoms with E-state index < -0.39 is 11.5 Å². The van der Waals surface area contributed by atoms with Crippen LogP contribution in [0.15, 0.2) is 30.3 Å². The molecule has 0 radical (unpaired) electrons. The molecule has 0 amide bonds. The summed E-state index contributed by atoms with van der Waals surface area (Å²) >= 11 is 1.35. The number of thioether (sulfide) groups is 1. The maximum Gasteiger partial charge on any atom is 0.102 e. The van der Waals surface area contributed by atoms with Gasteiger partial charge in [-0.15, -0.1) is 11.8 Å². The number of hydrogen-bond acceptors (Lipinski definition) is 4. The third-order valence-electron chi connectivity index (χ3n) is 2.96. The Morgan fingerprint density at radius 1 is 1.25 bits per heavy atom. The van der Waals surface area contributed by atoms with Gasteiger partial charge >= 0.3 is 0 Å². The zero-order chi connectivity index (χ0) is 11.5. The largest absolute Gasteiger partial charge is 0.396 e. The fourth-order valence-corrected chi connectivity index (χ4v) is 3.53. The Balaban J connectivity index is 2.17. The molecule has 0 saturated carbocycles. The summed E-state index contributed by atoms with van der Waals surface area (Å²) in [6.07, 6.45) is -0.157. The minimum Gasteiger partial charge on any atom is -0.396 e. The smallest absolute Gasteiger partial charge is 0.102 e. The van der Waals surface area contributed by atoms with E-state index in [-0.39, 0.29) is 17.8 Å². The van der Waals surface area contributed by atoms with Gasteiger partial charge in [0.05, 0.1) is 12.7 Å².